The number of hydrogen-bond donors (Lipinski definition) is 0. The lowest BCUT2D eigenvalue weighted by molar-refractivity contribution is 1.77. The van der Waals surface area contributed by atoms with E-state index in [0.29, 0.717) is 0 Å². The van der Waals surface area contributed by atoms with Crippen molar-refractivity contribution in [3.05, 3.63) is 60.7 Å². The smallest absolute Gasteiger partial charge is 0.00949 e. The Bertz CT molecular complexity index is 408. The first-order chi connectivity index (χ1) is 6.95. The van der Waals surface area contributed by atoms with Crippen LogP contribution in [0.15, 0.2) is 60.7 Å². The molecule has 2 rings (SSSR count). The summed E-state index contributed by atoms with van der Waals surface area (Å²) in [4.78, 5) is 0. The van der Waals surface area contributed by atoms with E-state index in [1.165, 1.54) is 10.4 Å². The van der Waals surface area contributed by atoms with E-state index in [0.717, 1.165) is 16.8 Å². The fourth-order valence-corrected chi connectivity index (χ4v) is 4.06. The van der Waals surface area contributed by atoms with Crippen LogP contribution in [0.1, 0.15) is 0 Å². The Morgan fingerprint density at radius 2 is 0.857 bits per heavy atom. The molecule has 0 saturated heterocycles. The van der Waals surface area contributed by atoms with Crippen molar-refractivity contribution in [1.82, 2.24) is 0 Å². The Balaban J connectivity index is 2.24. The van der Waals surface area contributed by atoms with Gasteiger partial charge in [0.05, 0.1) is 0 Å². The Morgan fingerprint density at radius 3 is 1.21 bits per heavy atom. The van der Waals surface area contributed by atoms with E-state index in [-0.39, 0.29) is 0 Å². The zero-order chi connectivity index (χ0) is 9.64. The first kappa shape index (κ1) is 9.43. The molecule has 0 radical (unpaired) electrons. The normalized spacial score (nSPS) is 8.86. The second-order valence-corrected chi connectivity index (χ2v) is 6.14. The van der Waals surface area contributed by atoms with Gasteiger partial charge >= 0.3 is 0 Å². The van der Waals surface area contributed by atoms with Crippen molar-refractivity contribution >= 4 is 27.2 Å². The summed E-state index contributed by atoms with van der Waals surface area (Å²) in [6.45, 7) is 0. The fraction of sp³-hybridized carbons (Fsp3) is 0. The van der Waals surface area contributed by atoms with Gasteiger partial charge in [0.25, 0.3) is 0 Å². The van der Waals surface area contributed by atoms with Gasteiger partial charge in [-0.1, -0.05) is 60.7 Å². The number of hydrogen-bond acceptors (Lipinski definition) is 0. The summed E-state index contributed by atoms with van der Waals surface area (Å²) in [6, 6.07) is 21.4. The molecule has 0 aliphatic carbocycles. The molecular formula is C12H10Si2. The molecule has 0 aliphatic heterocycles. The lowest BCUT2D eigenvalue weighted by Gasteiger charge is -1.88. The molecule has 0 aliphatic rings. The minimum atomic E-state index is 0.910. The number of rotatable bonds is 0. The molecule has 0 amide bonds. The summed E-state index contributed by atoms with van der Waals surface area (Å²) >= 11 is 0. The van der Waals surface area contributed by atoms with Crippen LogP contribution in [0.25, 0.3) is 0 Å². The quantitative estimate of drug-likeness (QED) is 0.568. The molecule has 0 fully saturated rings. The predicted octanol–water partition coefficient (Wildman–Crippen LogP) is 0.961. The van der Waals surface area contributed by atoms with E-state index in [1.54, 1.807) is 0 Å². The molecule has 0 bridgehead atoms. The van der Waals surface area contributed by atoms with Crippen molar-refractivity contribution in [3.63, 3.8) is 0 Å². The van der Waals surface area contributed by atoms with E-state index in [9.17, 15) is 0 Å². The van der Waals surface area contributed by atoms with Crippen LogP contribution in [0, 0.1) is 0 Å². The minimum Gasteiger partial charge on any atom is -0.0622 e. The van der Waals surface area contributed by atoms with Gasteiger partial charge < -0.3 is 0 Å². The molecule has 66 valence electrons. The summed E-state index contributed by atoms with van der Waals surface area (Å²) in [5.41, 5.74) is 0. The van der Waals surface area contributed by atoms with Crippen molar-refractivity contribution in [2.24, 2.45) is 0 Å². The third-order valence-corrected chi connectivity index (χ3v) is 5.37. The van der Waals surface area contributed by atoms with Crippen molar-refractivity contribution in [3.8, 4) is 0 Å². The topological polar surface area (TPSA) is 0 Å². The van der Waals surface area contributed by atoms with E-state index in [1.807, 2.05) is 0 Å². The fourth-order valence-electron chi connectivity index (χ4n) is 1.19. The third kappa shape index (κ3) is 2.68. The molecule has 0 spiro atoms. The van der Waals surface area contributed by atoms with Gasteiger partial charge in [-0.15, -0.1) is 0 Å². The third-order valence-electron chi connectivity index (χ3n) is 1.90. The predicted molar refractivity (Wildman–Crippen MR) is 63.7 cm³/mol. The van der Waals surface area contributed by atoms with Gasteiger partial charge in [-0.2, -0.15) is 0 Å². The van der Waals surface area contributed by atoms with E-state index < -0.39 is 0 Å². The molecule has 14 heavy (non-hydrogen) atoms. The Kier molecular flexibility index (Phi) is 3.32. The summed E-state index contributed by atoms with van der Waals surface area (Å²) in [5.74, 6) is 0. The van der Waals surface area contributed by atoms with Gasteiger partial charge in [0.2, 0.25) is 0 Å². The summed E-state index contributed by atoms with van der Waals surface area (Å²) in [7, 11) is 1.82. The molecule has 0 heterocycles. The minimum absolute atomic E-state index is 0.910. The standard InChI is InChI=1S/C12H10Si2/c1-3-7-11(8-4-1)13-14-12-9-5-2-6-10-12/h1-10H. The molecule has 2 aromatic rings. The van der Waals surface area contributed by atoms with Gasteiger partial charge in [-0.3, -0.25) is 0 Å². The average molecular weight is 210 g/mol. The zero-order valence-electron chi connectivity index (χ0n) is 7.77. The van der Waals surface area contributed by atoms with Crippen LogP contribution in [0.2, 0.25) is 0 Å². The highest BCUT2D eigenvalue weighted by atomic mass is 28.7. The second kappa shape index (κ2) is 4.93. The van der Waals surface area contributed by atoms with Gasteiger partial charge in [-0.25, -0.2) is 0 Å². The number of benzene rings is 2. The van der Waals surface area contributed by atoms with Crippen LogP contribution >= 0.6 is 0 Å². The zero-order valence-corrected chi connectivity index (χ0v) is 9.77. The molecule has 0 saturated carbocycles. The van der Waals surface area contributed by atoms with Crippen LogP contribution in [0.5, 0.6) is 0 Å². The first-order valence-electron chi connectivity index (χ1n) is 4.57. The lowest BCUT2D eigenvalue weighted by Crippen LogP contribution is -2.12. The monoisotopic (exact) mass is 210 g/mol. The van der Waals surface area contributed by atoms with Crippen molar-refractivity contribution < 1.29 is 0 Å². The molecule has 0 nitrogen and oxygen atoms in total. The van der Waals surface area contributed by atoms with E-state index in [4.69, 9.17) is 0 Å². The second-order valence-electron chi connectivity index (χ2n) is 2.98. The van der Waals surface area contributed by atoms with Crippen LogP contribution in [0.4, 0.5) is 0 Å². The van der Waals surface area contributed by atoms with E-state index in [2.05, 4.69) is 60.7 Å². The van der Waals surface area contributed by atoms with Crippen molar-refractivity contribution in [2.45, 2.75) is 0 Å². The first-order valence-corrected chi connectivity index (χ1v) is 7.57. The van der Waals surface area contributed by atoms with Gasteiger partial charge in [0, 0.05) is 0 Å². The maximum Gasteiger partial charge on any atom is -0.00949 e. The van der Waals surface area contributed by atoms with Gasteiger partial charge in [-0.05, 0) is 27.2 Å². The Morgan fingerprint density at radius 1 is 0.500 bits per heavy atom. The summed E-state index contributed by atoms with van der Waals surface area (Å²) in [6.07, 6.45) is 0. The van der Waals surface area contributed by atoms with Crippen molar-refractivity contribution in [1.29, 1.82) is 0 Å². The molecule has 0 aromatic heterocycles. The molecule has 2 heteroatoms. The van der Waals surface area contributed by atoms with Gasteiger partial charge in [0.15, 0.2) is 0 Å². The van der Waals surface area contributed by atoms with Crippen LogP contribution < -0.4 is 10.4 Å². The largest absolute Gasteiger partial charge is 0.0622 e. The molecular weight excluding hydrogens is 200 g/mol. The average Bonchev–Trinajstić information content (AvgIpc) is 2.29. The van der Waals surface area contributed by atoms with Crippen LogP contribution in [-0.4, -0.2) is 16.8 Å². The maximum absolute atomic E-state index is 2.20. The maximum atomic E-state index is 2.20. The van der Waals surface area contributed by atoms with Gasteiger partial charge in [0.1, 0.15) is 0 Å². The van der Waals surface area contributed by atoms with E-state index >= 15 is 0 Å². The highest BCUT2D eigenvalue weighted by Crippen LogP contribution is 1.79. The SMILES string of the molecule is c1ccc([Si]#[Si]c2ccccc2)cc1. The molecule has 2 aromatic carbocycles. The lowest BCUT2D eigenvalue weighted by atomic mass is 10.4. The highest BCUT2D eigenvalue weighted by Gasteiger charge is 1.83. The summed E-state index contributed by atoms with van der Waals surface area (Å²) < 4.78 is 0. The summed E-state index contributed by atoms with van der Waals surface area (Å²) in [5, 5.41) is 2.91. The molecule has 0 unspecified atom stereocenters. The van der Waals surface area contributed by atoms with Crippen LogP contribution in [-0.2, 0) is 0 Å². The van der Waals surface area contributed by atoms with Crippen LogP contribution in [0.3, 0.4) is 0 Å². The molecule has 0 atom stereocenters. The van der Waals surface area contributed by atoms with Crippen molar-refractivity contribution in [2.75, 3.05) is 0 Å². The Hall–Kier alpha value is -1.13. The molecule has 0 N–H and O–H groups in total. The highest BCUT2D eigenvalue weighted by molar-refractivity contribution is 6.77. The Labute approximate surface area is 88.2 Å².